The van der Waals surface area contributed by atoms with Gasteiger partial charge in [-0.25, -0.2) is 12.8 Å². The Hall–Kier alpha value is -2.41. The number of nitrogens with one attached hydrogen (secondary N) is 1. The summed E-state index contributed by atoms with van der Waals surface area (Å²) in [6.45, 7) is 3.62. The minimum absolute atomic E-state index is 0.00175. The second-order valence-corrected chi connectivity index (χ2v) is 8.04. The Morgan fingerprint density at radius 1 is 1.20 bits per heavy atom. The fraction of sp³-hybridized carbons (Fsp3) is 0.278. The first-order valence-corrected chi connectivity index (χ1v) is 9.36. The minimum atomic E-state index is -3.46. The summed E-state index contributed by atoms with van der Waals surface area (Å²) in [6.07, 6.45) is 0. The molecule has 0 fully saturated rings. The highest BCUT2D eigenvalue weighted by Gasteiger charge is 2.18. The van der Waals surface area contributed by atoms with Gasteiger partial charge in [0.25, 0.3) is 5.91 Å². The molecule has 2 aromatic carbocycles. The number of benzene rings is 2. The van der Waals surface area contributed by atoms with Crippen LogP contribution >= 0.6 is 0 Å². The van der Waals surface area contributed by atoms with E-state index in [-0.39, 0.29) is 33.6 Å². The van der Waals surface area contributed by atoms with Crippen LogP contribution in [0.5, 0.6) is 5.75 Å². The zero-order valence-electron chi connectivity index (χ0n) is 14.2. The third-order valence-electron chi connectivity index (χ3n) is 3.42. The van der Waals surface area contributed by atoms with Gasteiger partial charge in [-0.1, -0.05) is 19.9 Å². The van der Waals surface area contributed by atoms with E-state index >= 15 is 0 Å². The lowest BCUT2D eigenvalue weighted by molar-refractivity contribution is 0.102. The van der Waals surface area contributed by atoms with E-state index < -0.39 is 21.6 Å². The molecule has 134 valence electrons. The van der Waals surface area contributed by atoms with Gasteiger partial charge in [0.2, 0.25) is 0 Å². The average Bonchev–Trinajstić information content (AvgIpc) is 2.54. The second kappa shape index (κ2) is 7.65. The van der Waals surface area contributed by atoms with Gasteiger partial charge in [-0.05, 0) is 36.2 Å². The molecule has 2 rings (SSSR count). The number of ether oxygens (including phenoxy) is 1. The molecule has 5 nitrogen and oxygen atoms in total. The lowest BCUT2D eigenvalue weighted by Gasteiger charge is -2.10. The smallest absolute Gasteiger partial charge is 0.255 e. The van der Waals surface area contributed by atoms with Crippen LogP contribution in [0.15, 0.2) is 47.4 Å². The fourth-order valence-corrected chi connectivity index (χ4v) is 3.98. The standard InChI is InChI=1S/C18H20FNO4S/c1-12(2)11-25(22,23)15-6-4-5-13(9-15)18(21)20-14-7-8-17(24-3)16(19)10-14/h4-10,12H,11H2,1-3H3,(H,20,21). The van der Waals surface area contributed by atoms with Crippen LogP contribution in [0.1, 0.15) is 24.2 Å². The Morgan fingerprint density at radius 2 is 1.92 bits per heavy atom. The van der Waals surface area contributed by atoms with E-state index in [1.165, 1.54) is 43.5 Å². The summed E-state index contributed by atoms with van der Waals surface area (Å²) in [4.78, 5) is 12.4. The van der Waals surface area contributed by atoms with Crippen molar-refractivity contribution in [2.24, 2.45) is 5.92 Å². The number of anilines is 1. The molecule has 0 aliphatic heterocycles. The van der Waals surface area contributed by atoms with Crippen LogP contribution in [0.3, 0.4) is 0 Å². The molecule has 0 bridgehead atoms. The average molecular weight is 365 g/mol. The summed E-state index contributed by atoms with van der Waals surface area (Å²) < 4.78 is 43.1. The Labute approximate surface area is 146 Å². The summed E-state index contributed by atoms with van der Waals surface area (Å²) in [7, 11) is -2.11. The molecule has 0 unspecified atom stereocenters. The predicted octanol–water partition coefficient (Wildman–Crippen LogP) is 3.52. The third-order valence-corrected chi connectivity index (χ3v) is 5.50. The highest BCUT2D eigenvalue weighted by molar-refractivity contribution is 7.91. The Balaban J connectivity index is 2.23. The van der Waals surface area contributed by atoms with Crippen LogP contribution in [-0.2, 0) is 9.84 Å². The monoisotopic (exact) mass is 365 g/mol. The van der Waals surface area contributed by atoms with E-state index in [4.69, 9.17) is 4.74 Å². The molecule has 1 amide bonds. The molecule has 0 saturated heterocycles. The predicted molar refractivity (Wildman–Crippen MR) is 94.2 cm³/mol. The van der Waals surface area contributed by atoms with Gasteiger partial charge in [0.1, 0.15) is 0 Å². The van der Waals surface area contributed by atoms with Gasteiger partial charge in [-0.15, -0.1) is 0 Å². The molecule has 0 aromatic heterocycles. The van der Waals surface area contributed by atoms with Crippen molar-refractivity contribution < 1.29 is 22.3 Å². The van der Waals surface area contributed by atoms with Gasteiger partial charge in [0, 0.05) is 17.3 Å². The number of rotatable bonds is 6. The van der Waals surface area contributed by atoms with Crippen LogP contribution in [0.4, 0.5) is 10.1 Å². The van der Waals surface area contributed by atoms with Gasteiger partial charge in [-0.2, -0.15) is 0 Å². The maximum absolute atomic E-state index is 13.7. The fourth-order valence-electron chi connectivity index (χ4n) is 2.31. The van der Waals surface area contributed by atoms with Crippen molar-refractivity contribution >= 4 is 21.4 Å². The third kappa shape index (κ3) is 4.79. The maximum atomic E-state index is 13.7. The number of methoxy groups -OCH3 is 1. The number of halogens is 1. The molecule has 0 saturated carbocycles. The van der Waals surface area contributed by atoms with Gasteiger partial charge in [0.15, 0.2) is 21.4 Å². The second-order valence-electron chi connectivity index (χ2n) is 6.01. The van der Waals surface area contributed by atoms with Crippen molar-refractivity contribution in [2.75, 3.05) is 18.2 Å². The number of amides is 1. The summed E-state index contributed by atoms with van der Waals surface area (Å²) in [5, 5.41) is 2.54. The van der Waals surface area contributed by atoms with Crippen LogP contribution in [0, 0.1) is 11.7 Å². The molecule has 1 N–H and O–H groups in total. The van der Waals surface area contributed by atoms with Crippen LogP contribution in [0.25, 0.3) is 0 Å². The molecular formula is C18H20FNO4S. The van der Waals surface area contributed by atoms with Crippen molar-refractivity contribution in [3.05, 3.63) is 53.8 Å². The molecule has 7 heteroatoms. The van der Waals surface area contributed by atoms with E-state index in [9.17, 15) is 17.6 Å². The quantitative estimate of drug-likeness (QED) is 0.850. The van der Waals surface area contributed by atoms with Crippen molar-refractivity contribution in [3.63, 3.8) is 0 Å². The number of carbonyl (C=O) groups excluding carboxylic acids is 1. The SMILES string of the molecule is COc1ccc(NC(=O)c2cccc(S(=O)(=O)CC(C)C)c2)cc1F. The summed E-state index contributed by atoms with van der Waals surface area (Å²) in [5.74, 6) is -1.08. The molecular weight excluding hydrogens is 345 g/mol. The van der Waals surface area contributed by atoms with Crippen LogP contribution in [-0.4, -0.2) is 27.2 Å². The van der Waals surface area contributed by atoms with Gasteiger partial charge >= 0.3 is 0 Å². The number of sulfone groups is 1. The summed E-state index contributed by atoms with van der Waals surface area (Å²) in [5.41, 5.74) is 0.430. The zero-order chi connectivity index (χ0) is 18.6. The van der Waals surface area contributed by atoms with Crippen molar-refractivity contribution in [2.45, 2.75) is 18.7 Å². The van der Waals surface area contributed by atoms with Crippen molar-refractivity contribution in [1.29, 1.82) is 0 Å². The lowest BCUT2D eigenvalue weighted by Crippen LogP contribution is -2.15. The van der Waals surface area contributed by atoms with E-state index in [0.717, 1.165) is 6.07 Å². The van der Waals surface area contributed by atoms with E-state index in [1.54, 1.807) is 0 Å². The zero-order valence-corrected chi connectivity index (χ0v) is 15.1. The van der Waals surface area contributed by atoms with Crippen LogP contribution < -0.4 is 10.1 Å². The maximum Gasteiger partial charge on any atom is 0.255 e. The molecule has 0 spiro atoms. The van der Waals surface area contributed by atoms with E-state index in [1.807, 2.05) is 13.8 Å². The highest BCUT2D eigenvalue weighted by Crippen LogP contribution is 2.22. The van der Waals surface area contributed by atoms with Crippen LogP contribution in [0.2, 0.25) is 0 Å². The molecule has 0 atom stereocenters. The van der Waals surface area contributed by atoms with Gasteiger partial charge in [0.05, 0.1) is 17.8 Å². The molecule has 0 aliphatic carbocycles. The molecule has 25 heavy (non-hydrogen) atoms. The topological polar surface area (TPSA) is 72.5 Å². The normalized spacial score (nSPS) is 11.4. The van der Waals surface area contributed by atoms with Gasteiger partial charge in [-0.3, -0.25) is 4.79 Å². The number of hydrogen-bond donors (Lipinski definition) is 1. The number of hydrogen-bond acceptors (Lipinski definition) is 4. The molecule has 0 aliphatic rings. The largest absolute Gasteiger partial charge is 0.494 e. The molecule has 0 radical (unpaired) electrons. The van der Waals surface area contributed by atoms with Gasteiger partial charge < -0.3 is 10.1 Å². The lowest BCUT2D eigenvalue weighted by atomic mass is 10.2. The van der Waals surface area contributed by atoms with E-state index in [0.29, 0.717) is 0 Å². The Bertz CT molecular complexity index is 878. The first kappa shape index (κ1) is 18.9. The molecule has 0 heterocycles. The van der Waals surface area contributed by atoms with Crippen molar-refractivity contribution in [1.82, 2.24) is 0 Å². The Kier molecular flexibility index (Phi) is 5.79. The first-order chi connectivity index (χ1) is 11.7. The van der Waals surface area contributed by atoms with E-state index in [2.05, 4.69) is 5.32 Å². The Morgan fingerprint density at radius 3 is 2.52 bits per heavy atom. The first-order valence-electron chi connectivity index (χ1n) is 7.70. The summed E-state index contributed by atoms with van der Waals surface area (Å²) in [6, 6.07) is 9.83. The molecule has 2 aromatic rings. The number of carbonyl (C=O) groups is 1. The van der Waals surface area contributed by atoms with Crippen molar-refractivity contribution in [3.8, 4) is 5.75 Å². The minimum Gasteiger partial charge on any atom is -0.494 e. The summed E-state index contributed by atoms with van der Waals surface area (Å²) >= 11 is 0. The highest BCUT2D eigenvalue weighted by atomic mass is 32.2.